The van der Waals surface area contributed by atoms with Gasteiger partial charge in [0.1, 0.15) is 5.82 Å². The Morgan fingerprint density at radius 2 is 1.85 bits per heavy atom. The van der Waals surface area contributed by atoms with E-state index >= 15 is 0 Å². The van der Waals surface area contributed by atoms with Crippen LogP contribution in [0.4, 0.5) is 0 Å². The molecule has 0 radical (unpaired) electrons. The number of hydrogen-bond acceptors (Lipinski definition) is 1. The molecule has 0 aliphatic carbocycles. The Morgan fingerprint density at radius 3 is 2.08 bits per heavy atom. The van der Waals surface area contributed by atoms with Crippen LogP contribution in [0.3, 0.4) is 0 Å². The molecule has 0 atom stereocenters. The number of nitrogens with one attached hydrogen (secondary N) is 2. The van der Waals surface area contributed by atoms with Crippen molar-refractivity contribution in [2.45, 2.75) is 19.8 Å². The minimum atomic E-state index is 0.519. The van der Waals surface area contributed by atoms with E-state index in [1.807, 2.05) is 30.7 Å². The molecule has 2 heterocycles. The summed E-state index contributed by atoms with van der Waals surface area (Å²) in [5.74, 6) is 1.58. The number of rotatable bonds is 1. The van der Waals surface area contributed by atoms with E-state index in [0.717, 1.165) is 5.82 Å². The lowest BCUT2D eigenvalue weighted by Gasteiger charge is -1.95. The summed E-state index contributed by atoms with van der Waals surface area (Å²) in [5, 5.41) is 0. The number of aromatic nitrogens is 3. The molecular formula is C10H15N3. The van der Waals surface area contributed by atoms with E-state index in [-0.39, 0.29) is 0 Å². The molecule has 0 saturated heterocycles. The molecule has 0 fully saturated rings. The van der Waals surface area contributed by atoms with Crippen LogP contribution in [0.2, 0.25) is 0 Å². The Bertz CT molecular complexity index is 265. The maximum Gasteiger partial charge on any atom is 0.108 e. The molecule has 2 aromatic heterocycles. The van der Waals surface area contributed by atoms with Gasteiger partial charge >= 0.3 is 0 Å². The fraction of sp³-hybridized carbons (Fsp3) is 0.300. The second kappa shape index (κ2) is 5.19. The van der Waals surface area contributed by atoms with E-state index in [1.165, 1.54) is 0 Å². The van der Waals surface area contributed by atoms with Gasteiger partial charge in [0.05, 0.1) is 0 Å². The Morgan fingerprint density at radius 1 is 1.15 bits per heavy atom. The molecule has 3 nitrogen and oxygen atoms in total. The fourth-order valence-corrected chi connectivity index (χ4v) is 0.871. The zero-order valence-corrected chi connectivity index (χ0v) is 7.99. The Kier molecular flexibility index (Phi) is 3.82. The lowest BCUT2D eigenvalue weighted by atomic mass is 10.2. The quantitative estimate of drug-likeness (QED) is 0.690. The van der Waals surface area contributed by atoms with Crippen molar-refractivity contribution in [2.24, 2.45) is 0 Å². The summed E-state index contributed by atoms with van der Waals surface area (Å²) < 4.78 is 0. The van der Waals surface area contributed by atoms with Gasteiger partial charge in [0.15, 0.2) is 0 Å². The van der Waals surface area contributed by atoms with Crippen molar-refractivity contribution in [3.8, 4) is 0 Å². The Balaban J connectivity index is 0.000000145. The first-order valence-electron chi connectivity index (χ1n) is 4.37. The van der Waals surface area contributed by atoms with Gasteiger partial charge in [0, 0.05) is 30.7 Å². The van der Waals surface area contributed by atoms with Crippen LogP contribution in [0.1, 0.15) is 25.6 Å². The maximum atomic E-state index is 4.06. The third-order valence-electron chi connectivity index (χ3n) is 1.56. The van der Waals surface area contributed by atoms with Gasteiger partial charge in [-0.15, -0.1) is 0 Å². The highest BCUT2D eigenvalue weighted by Gasteiger charge is 1.96. The third kappa shape index (κ3) is 3.60. The van der Waals surface area contributed by atoms with Crippen molar-refractivity contribution < 1.29 is 0 Å². The van der Waals surface area contributed by atoms with Crippen molar-refractivity contribution in [1.82, 2.24) is 15.0 Å². The minimum absolute atomic E-state index is 0.519. The summed E-state index contributed by atoms with van der Waals surface area (Å²) in [7, 11) is 0. The van der Waals surface area contributed by atoms with E-state index in [9.17, 15) is 0 Å². The van der Waals surface area contributed by atoms with Gasteiger partial charge in [-0.3, -0.25) is 0 Å². The van der Waals surface area contributed by atoms with Gasteiger partial charge < -0.3 is 9.97 Å². The second-order valence-corrected chi connectivity index (χ2v) is 3.01. The summed E-state index contributed by atoms with van der Waals surface area (Å²) in [6, 6.07) is 3.89. The molecule has 0 aromatic carbocycles. The van der Waals surface area contributed by atoms with Crippen LogP contribution in [0.25, 0.3) is 0 Å². The first-order valence-corrected chi connectivity index (χ1v) is 4.37. The van der Waals surface area contributed by atoms with E-state index in [1.54, 1.807) is 6.20 Å². The molecule has 0 bridgehead atoms. The highest BCUT2D eigenvalue weighted by molar-refractivity contribution is 4.92. The predicted molar refractivity (Wildman–Crippen MR) is 53.5 cm³/mol. The van der Waals surface area contributed by atoms with Gasteiger partial charge in [0.25, 0.3) is 0 Å². The molecule has 0 unspecified atom stereocenters. The zero-order valence-electron chi connectivity index (χ0n) is 7.99. The summed E-state index contributed by atoms with van der Waals surface area (Å²) in [6.07, 6.45) is 7.37. The molecule has 2 N–H and O–H groups in total. The van der Waals surface area contributed by atoms with Crippen LogP contribution in [0.5, 0.6) is 0 Å². The van der Waals surface area contributed by atoms with Crippen molar-refractivity contribution in [2.75, 3.05) is 0 Å². The number of aromatic amines is 2. The molecule has 2 rings (SSSR count). The van der Waals surface area contributed by atoms with Gasteiger partial charge in [-0.25, -0.2) is 4.98 Å². The smallest absolute Gasteiger partial charge is 0.108 e. The second-order valence-electron chi connectivity index (χ2n) is 3.01. The van der Waals surface area contributed by atoms with Gasteiger partial charge in [-0.2, -0.15) is 0 Å². The van der Waals surface area contributed by atoms with Crippen LogP contribution in [-0.2, 0) is 0 Å². The van der Waals surface area contributed by atoms with Crippen LogP contribution in [-0.4, -0.2) is 15.0 Å². The maximum absolute atomic E-state index is 4.06. The molecule has 13 heavy (non-hydrogen) atoms. The molecule has 0 spiro atoms. The van der Waals surface area contributed by atoms with Crippen LogP contribution in [0, 0.1) is 0 Å². The number of nitrogens with zero attached hydrogens (tertiary/aromatic N) is 1. The van der Waals surface area contributed by atoms with E-state index in [4.69, 9.17) is 0 Å². The van der Waals surface area contributed by atoms with Crippen molar-refractivity contribution in [1.29, 1.82) is 0 Å². The lowest BCUT2D eigenvalue weighted by Crippen LogP contribution is -1.87. The topological polar surface area (TPSA) is 44.5 Å². The molecular weight excluding hydrogens is 162 g/mol. The molecule has 0 saturated carbocycles. The zero-order chi connectivity index (χ0) is 9.52. The lowest BCUT2D eigenvalue weighted by molar-refractivity contribution is 0.794. The number of hydrogen-bond donors (Lipinski definition) is 2. The van der Waals surface area contributed by atoms with Crippen LogP contribution < -0.4 is 0 Å². The standard InChI is InChI=1S/C6H10N2.C4H5N/c1-5(2)6-7-3-4-8-6;1-2-4-5-3-1/h3-5H,1-2H3,(H,7,8);1-5H. The number of imidazole rings is 1. The molecule has 0 aliphatic rings. The van der Waals surface area contributed by atoms with E-state index in [2.05, 4.69) is 28.8 Å². The monoisotopic (exact) mass is 177 g/mol. The number of H-pyrrole nitrogens is 2. The summed E-state index contributed by atoms with van der Waals surface area (Å²) in [6.45, 7) is 4.22. The van der Waals surface area contributed by atoms with E-state index in [0.29, 0.717) is 5.92 Å². The average molecular weight is 177 g/mol. The molecule has 70 valence electrons. The van der Waals surface area contributed by atoms with Crippen LogP contribution >= 0.6 is 0 Å². The van der Waals surface area contributed by atoms with Crippen molar-refractivity contribution >= 4 is 0 Å². The first-order chi connectivity index (χ1) is 6.30. The summed E-state index contributed by atoms with van der Waals surface area (Å²) in [5.41, 5.74) is 0. The highest BCUT2D eigenvalue weighted by atomic mass is 14.9. The van der Waals surface area contributed by atoms with Gasteiger partial charge in [0.2, 0.25) is 0 Å². The normalized spacial score (nSPS) is 9.46. The highest BCUT2D eigenvalue weighted by Crippen LogP contribution is 2.05. The molecule has 0 amide bonds. The average Bonchev–Trinajstić information content (AvgIpc) is 2.82. The molecule has 2 aromatic rings. The molecule has 3 heteroatoms. The minimum Gasteiger partial charge on any atom is -0.368 e. The van der Waals surface area contributed by atoms with E-state index < -0.39 is 0 Å². The Hall–Kier alpha value is -1.51. The molecule has 0 aliphatic heterocycles. The van der Waals surface area contributed by atoms with Gasteiger partial charge in [-0.1, -0.05) is 13.8 Å². The van der Waals surface area contributed by atoms with Crippen molar-refractivity contribution in [3.63, 3.8) is 0 Å². The Labute approximate surface area is 78.2 Å². The fourth-order valence-electron chi connectivity index (χ4n) is 0.871. The third-order valence-corrected chi connectivity index (χ3v) is 1.56. The summed E-state index contributed by atoms with van der Waals surface area (Å²) in [4.78, 5) is 9.95. The summed E-state index contributed by atoms with van der Waals surface area (Å²) >= 11 is 0. The predicted octanol–water partition coefficient (Wildman–Crippen LogP) is 2.55. The van der Waals surface area contributed by atoms with Gasteiger partial charge in [-0.05, 0) is 12.1 Å². The SMILES string of the molecule is CC(C)c1ncc[nH]1.c1cc[nH]c1. The first kappa shape index (κ1) is 9.58. The largest absolute Gasteiger partial charge is 0.368 e. The van der Waals surface area contributed by atoms with Crippen molar-refractivity contribution in [3.05, 3.63) is 42.7 Å². The van der Waals surface area contributed by atoms with Crippen LogP contribution in [0.15, 0.2) is 36.9 Å².